The molecule has 1 aromatic rings. The molecule has 1 aliphatic carbocycles. The Morgan fingerprint density at radius 1 is 1.60 bits per heavy atom. The van der Waals surface area contributed by atoms with Gasteiger partial charge in [-0.15, -0.1) is 0 Å². The fourth-order valence-corrected chi connectivity index (χ4v) is 2.02. The van der Waals surface area contributed by atoms with Crippen molar-refractivity contribution in [1.29, 1.82) is 0 Å². The van der Waals surface area contributed by atoms with Gasteiger partial charge in [0.15, 0.2) is 0 Å². The number of hydrogen-bond donors (Lipinski definition) is 1. The fraction of sp³-hybridized carbons (Fsp3) is 0.727. The summed E-state index contributed by atoms with van der Waals surface area (Å²) >= 11 is 0. The molecule has 0 saturated heterocycles. The van der Waals surface area contributed by atoms with Crippen LogP contribution < -0.4 is 5.32 Å². The minimum Gasteiger partial charge on any atom is -0.379 e. The van der Waals surface area contributed by atoms with Crippen LogP contribution in [-0.2, 0) is 11.8 Å². The lowest BCUT2D eigenvalue weighted by atomic mass is 9.89. The third-order valence-corrected chi connectivity index (χ3v) is 2.87. The minimum absolute atomic E-state index is 0.462. The van der Waals surface area contributed by atoms with Crippen LogP contribution in [0, 0.1) is 6.92 Å². The van der Waals surface area contributed by atoms with Crippen molar-refractivity contribution in [3.8, 4) is 0 Å². The normalized spacial score (nSPS) is 25.0. The van der Waals surface area contributed by atoms with Gasteiger partial charge in [0, 0.05) is 25.9 Å². The first-order valence-electron chi connectivity index (χ1n) is 5.57. The highest BCUT2D eigenvalue weighted by Crippen LogP contribution is 2.27. The largest absolute Gasteiger partial charge is 0.379 e. The maximum absolute atomic E-state index is 5.52. The zero-order chi connectivity index (χ0) is 10.8. The van der Waals surface area contributed by atoms with E-state index in [1.54, 1.807) is 0 Å². The summed E-state index contributed by atoms with van der Waals surface area (Å²) in [6, 6.07) is 0.560. The van der Waals surface area contributed by atoms with Gasteiger partial charge in [-0.1, -0.05) is 0 Å². The van der Waals surface area contributed by atoms with E-state index in [0.717, 1.165) is 30.8 Å². The van der Waals surface area contributed by atoms with Crippen LogP contribution in [0.15, 0.2) is 6.20 Å². The van der Waals surface area contributed by atoms with Crippen LogP contribution in [0.3, 0.4) is 0 Å². The molecule has 0 aromatic carbocycles. The molecule has 0 aliphatic heterocycles. The van der Waals surface area contributed by atoms with Gasteiger partial charge in [-0.3, -0.25) is 4.68 Å². The van der Waals surface area contributed by atoms with E-state index in [-0.39, 0.29) is 0 Å². The third kappa shape index (κ3) is 2.31. The standard InChI is InChI=1S/C11H19N3O/c1-4-15-10-5-9(6-10)12-11-7-14(3)13-8(11)2/h7,9-10,12H,4-6H2,1-3H3. The van der Waals surface area contributed by atoms with Gasteiger partial charge in [0.05, 0.1) is 17.5 Å². The van der Waals surface area contributed by atoms with Gasteiger partial charge in [-0.25, -0.2) is 0 Å². The first kappa shape index (κ1) is 10.5. The second-order valence-electron chi connectivity index (χ2n) is 4.19. The third-order valence-electron chi connectivity index (χ3n) is 2.87. The number of anilines is 1. The Labute approximate surface area is 90.6 Å². The van der Waals surface area contributed by atoms with Gasteiger partial charge < -0.3 is 10.1 Å². The Hall–Kier alpha value is -1.03. The Kier molecular flexibility index (Phi) is 2.95. The van der Waals surface area contributed by atoms with Gasteiger partial charge in [0.1, 0.15) is 0 Å². The molecule has 1 saturated carbocycles. The highest BCUT2D eigenvalue weighted by Gasteiger charge is 2.29. The molecular weight excluding hydrogens is 190 g/mol. The van der Waals surface area contributed by atoms with Crippen LogP contribution in [0.4, 0.5) is 5.69 Å². The average molecular weight is 209 g/mol. The van der Waals surface area contributed by atoms with Crippen LogP contribution >= 0.6 is 0 Å². The van der Waals surface area contributed by atoms with Crippen LogP contribution in [0.1, 0.15) is 25.5 Å². The van der Waals surface area contributed by atoms with Crippen molar-refractivity contribution in [3.05, 3.63) is 11.9 Å². The number of ether oxygens (including phenoxy) is 1. The van der Waals surface area contributed by atoms with Crippen molar-refractivity contribution in [3.63, 3.8) is 0 Å². The Morgan fingerprint density at radius 3 is 2.87 bits per heavy atom. The summed E-state index contributed by atoms with van der Waals surface area (Å²) in [6.45, 7) is 4.90. The smallest absolute Gasteiger partial charge is 0.0825 e. The summed E-state index contributed by atoms with van der Waals surface area (Å²) in [5, 5.41) is 7.79. The van der Waals surface area contributed by atoms with E-state index >= 15 is 0 Å². The SMILES string of the molecule is CCOC1CC(Nc2cn(C)nc2C)C1. The molecule has 1 fully saturated rings. The zero-order valence-electron chi connectivity index (χ0n) is 9.66. The molecule has 1 aromatic heterocycles. The van der Waals surface area contributed by atoms with E-state index in [1.165, 1.54) is 0 Å². The second-order valence-corrected chi connectivity index (χ2v) is 4.19. The molecule has 1 aliphatic rings. The van der Waals surface area contributed by atoms with Crippen molar-refractivity contribution in [2.45, 2.75) is 38.8 Å². The number of nitrogens with zero attached hydrogens (tertiary/aromatic N) is 2. The number of hydrogen-bond acceptors (Lipinski definition) is 3. The summed E-state index contributed by atoms with van der Waals surface area (Å²) in [5.74, 6) is 0. The molecule has 0 radical (unpaired) electrons. The van der Waals surface area contributed by atoms with Gasteiger partial charge >= 0.3 is 0 Å². The molecule has 84 valence electrons. The molecule has 1 heterocycles. The summed E-state index contributed by atoms with van der Waals surface area (Å²) in [6.07, 6.45) is 4.72. The molecule has 0 amide bonds. The molecule has 0 unspecified atom stereocenters. The summed E-state index contributed by atoms with van der Waals surface area (Å²) < 4.78 is 7.36. The number of nitrogens with one attached hydrogen (secondary N) is 1. The molecule has 1 N–H and O–H groups in total. The minimum atomic E-state index is 0.462. The maximum atomic E-state index is 5.52. The van der Waals surface area contributed by atoms with E-state index in [4.69, 9.17) is 4.74 Å². The highest BCUT2D eigenvalue weighted by atomic mass is 16.5. The van der Waals surface area contributed by atoms with E-state index in [2.05, 4.69) is 10.4 Å². The van der Waals surface area contributed by atoms with Crippen LogP contribution in [0.5, 0.6) is 0 Å². The first-order valence-corrected chi connectivity index (χ1v) is 5.57. The van der Waals surface area contributed by atoms with Crippen molar-refractivity contribution in [2.75, 3.05) is 11.9 Å². The van der Waals surface area contributed by atoms with Crippen molar-refractivity contribution in [1.82, 2.24) is 9.78 Å². The molecule has 0 bridgehead atoms. The van der Waals surface area contributed by atoms with Crippen LogP contribution in [-0.4, -0.2) is 28.5 Å². The Bertz CT molecular complexity index is 329. The van der Waals surface area contributed by atoms with Crippen molar-refractivity contribution < 1.29 is 4.74 Å². The maximum Gasteiger partial charge on any atom is 0.0825 e. The number of rotatable bonds is 4. The molecule has 0 atom stereocenters. The molecule has 15 heavy (non-hydrogen) atoms. The van der Waals surface area contributed by atoms with Gasteiger partial charge in [0.25, 0.3) is 0 Å². The highest BCUT2D eigenvalue weighted by molar-refractivity contribution is 5.46. The van der Waals surface area contributed by atoms with Gasteiger partial charge in [0.2, 0.25) is 0 Å². The predicted octanol–water partition coefficient (Wildman–Crippen LogP) is 1.71. The topological polar surface area (TPSA) is 39.1 Å². The molecule has 0 spiro atoms. The second kappa shape index (κ2) is 4.23. The fourth-order valence-electron chi connectivity index (χ4n) is 2.02. The molecular formula is C11H19N3O. The number of aryl methyl sites for hydroxylation is 2. The lowest BCUT2D eigenvalue weighted by Crippen LogP contribution is -2.40. The average Bonchev–Trinajstić information content (AvgIpc) is 2.42. The Morgan fingerprint density at radius 2 is 2.33 bits per heavy atom. The molecule has 4 nitrogen and oxygen atoms in total. The van der Waals surface area contributed by atoms with Crippen molar-refractivity contribution in [2.24, 2.45) is 7.05 Å². The monoisotopic (exact) mass is 209 g/mol. The van der Waals surface area contributed by atoms with Crippen molar-refractivity contribution >= 4 is 5.69 Å². The van der Waals surface area contributed by atoms with E-state index < -0.39 is 0 Å². The lowest BCUT2D eigenvalue weighted by Gasteiger charge is -2.35. The zero-order valence-corrected chi connectivity index (χ0v) is 9.66. The number of aromatic nitrogens is 2. The van der Waals surface area contributed by atoms with E-state index in [9.17, 15) is 0 Å². The van der Waals surface area contributed by atoms with Crippen LogP contribution in [0.2, 0.25) is 0 Å². The summed E-state index contributed by atoms with van der Waals surface area (Å²) in [5.41, 5.74) is 2.22. The Balaban J connectivity index is 1.82. The van der Waals surface area contributed by atoms with E-state index in [1.807, 2.05) is 31.8 Å². The van der Waals surface area contributed by atoms with E-state index in [0.29, 0.717) is 12.1 Å². The lowest BCUT2D eigenvalue weighted by molar-refractivity contribution is 0.00298. The summed E-state index contributed by atoms with van der Waals surface area (Å²) in [4.78, 5) is 0. The van der Waals surface area contributed by atoms with Gasteiger partial charge in [-0.2, -0.15) is 5.10 Å². The first-order chi connectivity index (χ1) is 7.19. The van der Waals surface area contributed by atoms with Gasteiger partial charge in [-0.05, 0) is 26.7 Å². The summed E-state index contributed by atoms with van der Waals surface area (Å²) in [7, 11) is 1.95. The predicted molar refractivity (Wildman–Crippen MR) is 60.0 cm³/mol. The molecule has 2 rings (SSSR count). The van der Waals surface area contributed by atoms with Crippen LogP contribution in [0.25, 0.3) is 0 Å². The quantitative estimate of drug-likeness (QED) is 0.820. The molecule has 4 heteroatoms.